The highest BCUT2D eigenvalue weighted by atomic mass is 79.9. The van der Waals surface area contributed by atoms with E-state index in [4.69, 9.17) is 14.6 Å². The number of H-pyrrole nitrogens is 1. The second kappa shape index (κ2) is 8.74. The van der Waals surface area contributed by atoms with E-state index >= 15 is 0 Å². The van der Waals surface area contributed by atoms with Crippen molar-refractivity contribution >= 4 is 33.1 Å². The smallest absolute Gasteiger partial charge is 0.404 e. The number of carboxylic acid groups (broad SMARTS) is 1. The number of hydrogen-bond acceptors (Lipinski definition) is 4. The number of nitrogens with one attached hydrogen (secondary N) is 2. The Morgan fingerprint density at radius 1 is 1.19 bits per heavy atom. The molecule has 0 aliphatic rings. The zero-order valence-electron chi connectivity index (χ0n) is 14.3. The van der Waals surface area contributed by atoms with Gasteiger partial charge in [0.15, 0.2) is 0 Å². The summed E-state index contributed by atoms with van der Waals surface area (Å²) in [5.74, 6) is 0.607. The van der Waals surface area contributed by atoms with Gasteiger partial charge < -0.3 is 24.9 Å². The van der Waals surface area contributed by atoms with Crippen LogP contribution in [-0.4, -0.2) is 47.1 Å². The Balaban J connectivity index is 1.65. The van der Waals surface area contributed by atoms with Gasteiger partial charge in [0.2, 0.25) is 0 Å². The highest BCUT2D eigenvalue weighted by Gasteiger charge is 2.10. The second-order valence-corrected chi connectivity index (χ2v) is 6.53. The monoisotopic (exact) mass is 435 g/mol. The van der Waals surface area contributed by atoms with Gasteiger partial charge in [0, 0.05) is 17.1 Å². The Labute approximate surface area is 162 Å². The number of ether oxygens (including phenoxy) is 2. The van der Waals surface area contributed by atoms with Crippen LogP contribution in [0, 0.1) is 0 Å². The van der Waals surface area contributed by atoms with Gasteiger partial charge in [0.25, 0.3) is 0 Å². The van der Waals surface area contributed by atoms with Gasteiger partial charge in [-0.25, -0.2) is 9.59 Å². The second-order valence-electron chi connectivity index (χ2n) is 5.62. The normalized spacial score (nSPS) is 10.9. The van der Waals surface area contributed by atoms with Crippen LogP contribution in [0.5, 0.6) is 5.75 Å². The van der Waals surface area contributed by atoms with Crippen LogP contribution in [0.1, 0.15) is 0 Å². The standard InChI is InChI=1S/C18H18BrN3O5/c19-12-4-5-15-16(10-12)22(17(23)21-15)13-2-1-3-14(11-13)27-9-8-26-7-6-20-18(24)25/h1-5,10-11,20H,6-9H2,(H,21,23)(H,24,25). The summed E-state index contributed by atoms with van der Waals surface area (Å²) in [6.45, 7) is 1.13. The van der Waals surface area contributed by atoms with E-state index in [0.717, 1.165) is 15.5 Å². The molecule has 2 aromatic carbocycles. The highest BCUT2D eigenvalue weighted by molar-refractivity contribution is 9.10. The molecule has 9 heteroatoms. The molecule has 8 nitrogen and oxygen atoms in total. The number of imidazole rings is 1. The third kappa shape index (κ3) is 4.89. The Morgan fingerprint density at radius 3 is 2.85 bits per heavy atom. The number of benzene rings is 2. The first-order valence-corrected chi connectivity index (χ1v) is 9.02. The summed E-state index contributed by atoms with van der Waals surface area (Å²) in [6.07, 6.45) is -1.08. The Hall–Kier alpha value is -2.78. The first-order chi connectivity index (χ1) is 13.0. The van der Waals surface area contributed by atoms with Crippen molar-refractivity contribution in [2.75, 3.05) is 26.4 Å². The Kier molecular flexibility index (Phi) is 6.15. The molecule has 0 atom stereocenters. The third-order valence-electron chi connectivity index (χ3n) is 3.74. The molecule has 0 saturated carbocycles. The van der Waals surface area contributed by atoms with E-state index in [1.807, 2.05) is 30.3 Å². The van der Waals surface area contributed by atoms with Crippen molar-refractivity contribution in [2.45, 2.75) is 0 Å². The van der Waals surface area contributed by atoms with Crippen molar-refractivity contribution in [3.05, 3.63) is 57.4 Å². The van der Waals surface area contributed by atoms with Gasteiger partial charge in [0.05, 0.1) is 29.9 Å². The van der Waals surface area contributed by atoms with Crippen LogP contribution >= 0.6 is 15.9 Å². The van der Waals surface area contributed by atoms with Crippen molar-refractivity contribution in [3.8, 4) is 11.4 Å². The molecule has 3 rings (SSSR count). The van der Waals surface area contributed by atoms with Crippen molar-refractivity contribution in [1.82, 2.24) is 14.9 Å². The zero-order valence-corrected chi connectivity index (χ0v) is 15.9. The Morgan fingerprint density at radius 2 is 2.04 bits per heavy atom. The fourth-order valence-electron chi connectivity index (χ4n) is 2.60. The molecule has 1 aromatic heterocycles. The average Bonchev–Trinajstić information content (AvgIpc) is 2.96. The van der Waals surface area contributed by atoms with Gasteiger partial charge in [-0.3, -0.25) is 4.57 Å². The molecule has 0 spiro atoms. The van der Waals surface area contributed by atoms with Gasteiger partial charge in [0.1, 0.15) is 12.4 Å². The lowest BCUT2D eigenvalue weighted by Gasteiger charge is -2.09. The molecule has 1 amide bonds. The number of hydrogen-bond donors (Lipinski definition) is 3. The molecule has 0 fully saturated rings. The maximum atomic E-state index is 12.4. The minimum atomic E-state index is -1.08. The molecule has 0 aliphatic heterocycles. The van der Waals surface area contributed by atoms with E-state index in [0.29, 0.717) is 24.7 Å². The van der Waals surface area contributed by atoms with Crippen LogP contribution < -0.4 is 15.7 Å². The number of fused-ring (bicyclic) bond motifs is 1. The van der Waals surface area contributed by atoms with E-state index in [1.54, 1.807) is 16.7 Å². The summed E-state index contributed by atoms with van der Waals surface area (Å²) in [6, 6.07) is 12.8. The van der Waals surface area contributed by atoms with E-state index in [9.17, 15) is 9.59 Å². The van der Waals surface area contributed by atoms with Crippen molar-refractivity contribution in [1.29, 1.82) is 0 Å². The summed E-state index contributed by atoms with van der Waals surface area (Å²) in [5.41, 5.74) is 1.97. The van der Waals surface area contributed by atoms with Gasteiger partial charge >= 0.3 is 11.8 Å². The summed E-state index contributed by atoms with van der Waals surface area (Å²) in [5, 5.41) is 10.7. The number of rotatable bonds is 8. The first-order valence-electron chi connectivity index (χ1n) is 8.22. The van der Waals surface area contributed by atoms with Gasteiger partial charge in [-0.15, -0.1) is 0 Å². The quantitative estimate of drug-likeness (QED) is 0.471. The van der Waals surface area contributed by atoms with Crippen LogP contribution in [0.3, 0.4) is 0 Å². The molecule has 0 saturated heterocycles. The number of aromatic nitrogens is 2. The fourth-order valence-corrected chi connectivity index (χ4v) is 2.94. The number of aromatic amines is 1. The minimum Gasteiger partial charge on any atom is -0.491 e. The topological polar surface area (TPSA) is 106 Å². The summed E-state index contributed by atoms with van der Waals surface area (Å²) >= 11 is 3.43. The lowest BCUT2D eigenvalue weighted by Crippen LogP contribution is -2.25. The van der Waals surface area contributed by atoms with E-state index < -0.39 is 6.09 Å². The summed E-state index contributed by atoms with van der Waals surface area (Å²) in [4.78, 5) is 25.5. The largest absolute Gasteiger partial charge is 0.491 e. The van der Waals surface area contributed by atoms with Gasteiger partial charge in [-0.2, -0.15) is 0 Å². The van der Waals surface area contributed by atoms with Crippen molar-refractivity contribution in [2.24, 2.45) is 0 Å². The molecule has 1 heterocycles. The summed E-state index contributed by atoms with van der Waals surface area (Å²) in [7, 11) is 0. The Bertz CT molecular complexity index is 998. The van der Waals surface area contributed by atoms with Crippen LogP contribution in [0.25, 0.3) is 16.7 Å². The molecule has 0 bridgehead atoms. The van der Waals surface area contributed by atoms with E-state index in [2.05, 4.69) is 26.2 Å². The number of nitrogens with zero attached hydrogens (tertiary/aromatic N) is 1. The van der Waals surface area contributed by atoms with Crippen molar-refractivity contribution < 1.29 is 19.4 Å². The van der Waals surface area contributed by atoms with Crippen LogP contribution in [0.2, 0.25) is 0 Å². The van der Waals surface area contributed by atoms with Crippen LogP contribution in [0.4, 0.5) is 4.79 Å². The molecule has 0 unspecified atom stereocenters. The van der Waals surface area contributed by atoms with Gasteiger partial charge in [-0.1, -0.05) is 22.0 Å². The molecule has 142 valence electrons. The van der Waals surface area contributed by atoms with Crippen molar-refractivity contribution in [3.63, 3.8) is 0 Å². The SMILES string of the molecule is O=C(O)NCCOCCOc1cccc(-n2c(=O)[nH]c3ccc(Br)cc32)c1. The first kappa shape index (κ1) is 19.0. The van der Waals surface area contributed by atoms with E-state index in [-0.39, 0.29) is 18.8 Å². The fraction of sp³-hybridized carbons (Fsp3) is 0.222. The highest BCUT2D eigenvalue weighted by Crippen LogP contribution is 2.22. The predicted molar refractivity (Wildman–Crippen MR) is 104 cm³/mol. The maximum absolute atomic E-state index is 12.4. The lowest BCUT2D eigenvalue weighted by atomic mass is 10.2. The number of amides is 1. The number of halogens is 1. The van der Waals surface area contributed by atoms with Gasteiger partial charge in [-0.05, 0) is 30.3 Å². The van der Waals surface area contributed by atoms with E-state index in [1.165, 1.54) is 0 Å². The zero-order chi connectivity index (χ0) is 19.2. The molecule has 3 N–H and O–H groups in total. The predicted octanol–water partition coefficient (Wildman–Crippen LogP) is 2.74. The molecule has 0 radical (unpaired) electrons. The molecular weight excluding hydrogens is 418 g/mol. The molecule has 0 aliphatic carbocycles. The molecule has 3 aromatic rings. The van der Waals surface area contributed by atoms with Crippen LogP contribution in [-0.2, 0) is 4.74 Å². The third-order valence-corrected chi connectivity index (χ3v) is 4.23. The number of carbonyl (C=O) groups is 1. The van der Waals surface area contributed by atoms with Crippen LogP contribution in [0.15, 0.2) is 51.7 Å². The maximum Gasteiger partial charge on any atom is 0.404 e. The molecule has 27 heavy (non-hydrogen) atoms. The minimum absolute atomic E-state index is 0.226. The lowest BCUT2D eigenvalue weighted by molar-refractivity contribution is 0.101. The summed E-state index contributed by atoms with van der Waals surface area (Å²) < 4.78 is 13.4. The average molecular weight is 436 g/mol. The molecular formula is C18H18BrN3O5.